The largest absolute Gasteiger partial charge is 0.255 e. The molecule has 0 aliphatic carbocycles. The van der Waals surface area contributed by atoms with Crippen LogP contribution >= 0.6 is 0 Å². The number of nitrogens with zero attached hydrogens (tertiary/aromatic N) is 4. The van der Waals surface area contributed by atoms with Gasteiger partial charge < -0.3 is 0 Å². The molecule has 82 valence electrons. The van der Waals surface area contributed by atoms with Crippen LogP contribution in [0.25, 0.3) is 11.5 Å². The Morgan fingerprint density at radius 2 is 1.62 bits per heavy atom. The van der Waals surface area contributed by atoms with Crippen LogP contribution in [0.1, 0.15) is 5.82 Å². The summed E-state index contributed by atoms with van der Waals surface area (Å²) in [5.41, 5.74) is 0.130. The normalized spacial score (nSPS) is 10.5. The van der Waals surface area contributed by atoms with Crippen molar-refractivity contribution in [2.75, 3.05) is 0 Å². The molecule has 2 rings (SSSR count). The van der Waals surface area contributed by atoms with E-state index in [9.17, 15) is 13.2 Å². The summed E-state index contributed by atoms with van der Waals surface area (Å²) in [6.45, 7) is 1.60. The van der Waals surface area contributed by atoms with E-state index in [2.05, 4.69) is 19.9 Å². The van der Waals surface area contributed by atoms with E-state index in [0.29, 0.717) is 5.82 Å². The lowest BCUT2D eigenvalue weighted by molar-refractivity contribution is 0.408. The van der Waals surface area contributed by atoms with Gasteiger partial charge in [0.15, 0.2) is 5.82 Å². The molecule has 0 fully saturated rings. The van der Waals surface area contributed by atoms with Crippen molar-refractivity contribution in [1.29, 1.82) is 0 Å². The molecule has 7 heteroatoms. The predicted octanol–water partition coefficient (Wildman–Crippen LogP) is 1.66. The van der Waals surface area contributed by atoms with Crippen LogP contribution in [0.5, 0.6) is 0 Å². The van der Waals surface area contributed by atoms with Crippen molar-refractivity contribution in [2.45, 2.75) is 6.92 Å². The van der Waals surface area contributed by atoms with Gasteiger partial charge in [-0.3, -0.25) is 0 Å². The van der Waals surface area contributed by atoms with Gasteiger partial charge >= 0.3 is 0 Å². The average molecular weight is 226 g/mol. The molecule has 4 nitrogen and oxygen atoms in total. The molecule has 0 saturated carbocycles. The average Bonchev–Trinajstić information content (AvgIpc) is 2.25. The van der Waals surface area contributed by atoms with E-state index >= 15 is 0 Å². The zero-order chi connectivity index (χ0) is 11.7. The quantitative estimate of drug-likeness (QED) is 0.694. The Bertz CT molecular complexity index is 521. The molecule has 0 aromatic carbocycles. The lowest BCUT2D eigenvalue weighted by Crippen LogP contribution is -2.03. The zero-order valence-electron chi connectivity index (χ0n) is 8.08. The van der Waals surface area contributed by atoms with E-state index in [-0.39, 0.29) is 11.5 Å². The van der Waals surface area contributed by atoms with Crippen LogP contribution in [0.2, 0.25) is 0 Å². The van der Waals surface area contributed by atoms with E-state index in [0.717, 1.165) is 0 Å². The first-order valence-electron chi connectivity index (χ1n) is 4.26. The van der Waals surface area contributed by atoms with Gasteiger partial charge in [0.2, 0.25) is 5.82 Å². The first-order chi connectivity index (χ1) is 7.58. The van der Waals surface area contributed by atoms with Crippen LogP contribution in [0.3, 0.4) is 0 Å². The van der Waals surface area contributed by atoms with Gasteiger partial charge in [0.25, 0.3) is 11.9 Å². The van der Waals surface area contributed by atoms with Crippen molar-refractivity contribution in [3.05, 3.63) is 35.8 Å². The van der Waals surface area contributed by atoms with Crippen LogP contribution in [0, 0.1) is 24.6 Å². The molecule has 0 bridgehead atoms. The van der Waals surface area contributed by atoms with Crippen LogP contribution in [-0.2, 0) is 0 Å². The second-order valence-electron chi connectivity index (χ2n) is 2.93. The molecule has 0 atom stereocenters. The molecule has 0 unspecified atom stereocenters. The first kappa shape index (κ1) is 10.5. The number of aromatic nitrogens is 4. The molecule has 0 saturated heterocycles. The van der Waals surface area contributed by atoms with Gasteiger partial charge in [-0.1, -0.05) is 0 Å². The SMILES string of the molecule is Cc1nccc(-c2nc(F)c(F)c(F)n2)n1. The molecule has 2 heterocycles. The summed E-state index contributed by atoms with van der Waals surface area (Å²) in [6, 6.07) is 1.37. The third-order valence-corrected chi connectivity index (χ3v) is 1.78. The van der Waals surface area contributed by atoms with Crippen LogP contribution in [-0.4, -0.2) is 19.9 Å². The highest BCUT2D eigenvalue weighted by atomic mass is 19.2. The predicted molar refractivity (Wildman–Crippen MR) is 47.7 cm³/mol. The summed E-state index contributed by atoms with van der Waals surface area (Å²) in [6.07, 6.45) is 1.39. The third kappa shape index (κ3) is 1.83. The van der Waals surface area contributed by atoms with Crippen molar-refractivity contribution >= 4 is 0 Å². The summed E-state index contributed by atoms with van der Waals surface area (Å²) in [4.78, 5) is 14.0. The second-order valence-corrected chi connectivity index (χ2v) is 2.93. The van der Waals surface area contributed by atoms with Gasteiger partial charge in [-0.05, 0) is 13.0 Å². The smallest absolute Gasteiger partial charge is 0.242 e. The zero-order valence-corrected chi connectivity index (χ0v) is 8.08. The summed E-state index contributed by atoms with van der Waals surface area (Å²) >= 11 is 0. The number of rotatable bonds is 1. The highest BCUT2D eigenvalue weighted by Crippen LogP contribution is 2.14. The molecule has 0 amide bonds. The lowest BCUT2D eigenvalue weighted by atomic mass is 10.3. The minimum absolute atomic E-state index is 0.130. The minimum Gasteiger partial charge on any atom is -0.242 e. The summed E-state index contributed by atoms with van der Waals surface area (Å²) < 4.78 is 38.2. The van der Waals surface area contributed by atoms with Crippen LogP contribution < -0.4 is 0 Å². The third-order valence-electron chi connectivity index (χ3n) is 1.78. The molecular weight excluding hydrogens is 221 g/mol. The maximum absolute atomic E-state index is 12.8. The van der Waals surface area contributed by atoms with Crippen molar-refractivity contribution in [3.8, 4) is 11.5 Å². The topological polar surface area (TPSA) is 51.6 Å². The summed E-state index contributed by atoms with van der Waals surface area (Å²) in [7, 11) is 0. The minimum atomic E-state index is -1.70. The van der Waals surface area contributed by atoms with Gasteiger partial charge in [-0.15, -0.1) is 0 Å². The molecular formula is C9H5F3N4. The van der Waals surface area contributed by atoms with Gasteiger partial charge in [-0.2, -0.15) is 23.1 Å². The lowest BCUT2D eigenvalue weighted by Gasteiger charge is -2.00. The maximum Gasteiger partial charge on any atom is 0.255 e. The van der Waals surface area contributed by atoms with Crippen molar-refractivity contribution in [3.63, 3.8) is 0 Å². The number of aryl methyl sites for hydroxylation is 1. The standard InChI is InChI=1S/C9H5F3N4/c1-4-13-3-2-5(14-4)9-15-7(11)6(10)8(12)16-9/h2-3H,1H3. The van der Waals surface area contributed by atoms with Crippen LogP contribution in [0.4, 0.5) is 13.2 Å². The number of hydrogen-bond donors (Lipinski definition) is 0. The first-order valence-corrected chi connectivity index (χ1v) is 4.26. The Labute approximate surface area is 88.2 Å². The van der Waals surface area contributed by atoms with Gasteiger partial charge in [-0.25, -0.2) is 9.97 Å². The van der Waals surface area contributed by atoms with E-state index < -0.39 is 17.7 Å². The highest BCUT2D eigenvalue weighted by molar-refractivity contribution is 5.47. The maximum atomic E-state index is 12.8. The Morgan fingerprint density at radius 3 is 2.19 bits per heavy atom. The van der Waals surface area contributed by atoms with E-state index in [1.165, 1.54) is 12.3 Å². The fraction of sp³-hybridized carbons (Fsp3) is 0.111. The molecule has 0 N–H and O–H groups in total. The molecule has 16 heavy (non-hydrogen) atoms. The van der Waals surface area contributed by atoms with Crippen molar-refractivity contribution < 1.29 is 13.2 Å². The summed E-state index contributed by atoms with van der Waals surface area (Å²) in [5, 5.41) is 0. The molecule has 0 radical (unpaired) electrons. The number of hydrogen-bond acceptors (Lipinski definition) is 4. The second kappa shape index (κ2) is 3.84. The Morgan fingerprint density at radius 1 is 1.00 bits per heavy atom. The van der Waals surface area contributed by atoms with Crippen molar-refractivity contribution in [2.24, 2.45) is 0 Å². The molecule has 2 aromatic heterocycles. The van der Waals surface area contributed by atoms with Gasteiger partial charge in [0.05, 0.1) is 0 Å². The van der Waals surface area contributed by atoms with Gasteiger partial charge in [0.1, 0.15) is 11.5 Å². The fourth-order valence-corrected chi connectivity index (χ4v) is 1.09. The fourth-order valence-electron chi connectivity index (χ4n) is 1.09. The molecule has 0 aliphatic heterocycles. The van der Waals surface area contributed by atoms with E-state index in [4.69, 9.17) is 0 Å². The number of halogens is 3. The Balaban J connectivity index is 2.57. The van der Waals surface area contributed by atoms with Crippen LogP contribution in [0.15, 0.2) is 12.3 Å². The van der Waals surface area contributed by atoms with E-state index in [1.54, 1.807) is 6.92 Å². The van der Waals surface area contributed by atoms with Gasteiger partial charge in [0, 0.05) is 6.20 Å². The van der Waals surface area contributed by atoms with Crippen molar-refractivity contribution in [1.82, 2.24) is 19.9 Å². The highest BCUT2D eigenvalue weighted by Gasteiger charge is 2.15. The van der Waals surface area contributed by atoms with E-state index in [1.807, 2.05) is 0 Å². The molecule has 0 aliphatic rings. The monoisotopic (exact) mass is 226 g/mol. The molecule has 2 aromatic rings. The Kier molecular flexibility index (Phi) is 2.51. The summed E-state index contributed by atoms with van der Waals surface area (Å²) in [5.74, 6) is -4.71. The Hall–Kier alpha value is -2.05. The molecule has 0 spiro atoms.